The van der Waals surface area contributed by atoms with Crippen LogP contribution in [0.15, 0.2) is 57.3 Å². The molecule has 6 heteroatoms. The topological polar surface area (TPSA) is 58.2 Å². The molecule has 2 amide bonds. The van der Waals surface area contributed by atoms with Crippen LogP contribution in [0.1, 0.15) is 177 Å². The zero-order valence-corrected chi connectivity index (χ0v) is 31.7. The van der Waals surface area contributed by atoms with Crippen molar-refractivity contribution in [3.63, 3.8) is 0 Å². The van der Waals surface area contributed by atoms with Gasteiger partial charge in [0.05, 0.1) is 23.2 Å². The van der Waals surface area contributed by atoms with Crippen LogP contribution in [-0.2, 0) is 22.4 Å². The van der Waals surface area contributed by atoms with E-state index in [9.17, 15) is 9.59 Å². The first kappa shape index (κ1) is 38.6. The van der Waals surface area contributed by atoms with Crippen LogP contribution >= 0.6 is 25.3 Å². The molecule has 0 aromatic heterocycles. The number of aryl methyl sites for hydroxylation is 2. The lowest BCUT2D eigenvalue weighted by Crippen LogP contribution is -2.33. The summed E-state index contributed by atoms with van der Waals surface area (Å²) < 4.78 is 0. The number of carbonyl (C=O) groups is 2. The Bertz CT molecular complexity index is 1250. The summed E-state index contributed by atoms with van der Waals surface area (Å²) in [4.78, 5) is 28.3. The molecule has 2 atom stereocenters. The van der Waals surface area contributed by atoms with E-state index >= 15 is 0 Å². The zero-order chi connectivity index (χ0) is 34.1. The third-order valence-electron chi connectivity index (χ3n) is 10.4. The molecule has 0 saturated heterocycles. The molecule has 2 aromatic carbocycles. The van der Waals surface area contributed by atoms with Crippen LogP contribution in [0.5, 0.6) is 0 Å². The van der Waals surface area contributed by atoms with Crippen LogP contribution in [0.25, 0.3) is 0 Å². The van der Waals surface area contributed by atoms with Crippen LogP contribution < -0.4 is 10.6 Å². The number of nitrogens with one attached hydrogen (secondary N) is 2. The van der Waals surface area contributed by atoms with Crippen LogP contribution in [0, 0.1) is 0 Å². The standard InChI is InChI=1S/C42H62N2O2S2/c1-3-5-7-9-11-13-15-17-19-21-23-31-25-27-33(35(47)29-31)39-37-38(42(46)43-39)40(44-41(37)45)34-28-26-32(30-36(34)48)24-22-20-18-16-14-12-10-8-6-4-2/h25-30,39-40,47-48H,3-24H2,1-2H3,(H,43,46)(H,44,45). The van der Waals surface area contributed by atoms with Gasteiger partial charge in [0.1, 0.15) is 0 Å². The van der Waals surface area contributed by atoms with Gasteiger partial charge in [0, 0.05) is 9.79 Å². The molecular weight excluding hydrogens is 629 g/mol. The minimum absolute atomic E-state index is 0.192. The second-order valence-electron chi connectivity index (χ2n) is 14.3. The highest BCUT2D eigenvalue weighted by Crippen LogP contribution is 2.43. The highest BCUT2D eigenvalue weighted by atomic mass is 32.1. The number of hydrogen-bond donors (Lipinski definition) is 4. The molecule has 2 aliphatic heterocycles. The van der Waals surface area contributed by atoms with Crippen LogP contribution in [0.3, 0.4) is 0 Å². The van der Waals surface area contributed by atoms with Crippen molar-refractivity contribution in [1.29, 1.82) is 0 Å². The Balaban J connectivity index is 1.26. The Hall–Kier alpha value is -2.18. The van der Waals surface area contributed by atoms with Gasteiger partial charge in [-0.3, -0.25) is 9.59 Å². The summed E-state index contributed by atoms with van der Waals surface area (Å²) in [5.74, 6) is -0.384. The van der Waals surface area contributed by atoms with Gasteiger partial charge in [0.25, 0.3) is 11.8 Å². The van der Waals surface area contributed by atoms with E-state index in [1.165, 1.54) is 140 Å². The number of unbranched alkanes of at least 4 members (excludes halogenated alkanes) is 18. The third-order valence-corrected chi connectivity index (χ3v) is 11.1. The quantitative estimate of drug-likeness (QED) is 0.0654. The lowest BCUT2D eigenvalue weighted by atomic mass is 9.93. The second-order valence-corrected chi connectivity index (χ2v) is 15.3. The Labute approximate surface area is 302 Å². The third kappa shape index (κ3) is 11.4. The minimum atomic E-state index is -0.490. The van der Waals surface area contributed by atoms with Gasteiger partial charge in [-0.1, -0.05) is 154 Å². The van der Waals surface area contributed by atoms with Gasteiger partial charge in [-0.25, -0.2) is 0 Å². The monoisotopic (exact) mass is 690 g/mol. The summed E-state index contributed by atoms with van der Waals surface area (Å²) in [6.45, 7) is 4.54. The van der Waals surface area contributed by atoms with E-state index in [2.05, 4.69) is 48.7 Å². The molecule has 0 aliphatic carbocycles. The molecule has 0 radical (unpaired) electrons. The lowest BCUT2D eigenvalue weighted by molar-refractivity contribution is -0.118. The summed E-state index contributed by atoms with van der Waals surface area (Å²) >= 11 is 9.65. The molecule has 2 N–H and O–H groups in total. The molecule has 2 aliphatic rings. The highest BCUT2D eigenvalue weighted by Gasteiger charge is 2.46. The largest absolute Gasteiger partial charge is 0.341 e. The fraction of sp³-hybridized carbons (Fsp3) is 0.619. The molecular formula is C42H62N2O2S2. The summed E-state index contributed by atoms with van der Waals surface area (Å²) in [6, 6.07) is 11.6. The van der Waals surface area contributed by atoms with E-state index < -0.39 is 12.1 Å². The molecule has 0 saturated carbocycles. The number of amides is 2. The maximum atomic E-state index is 13.3. The van der Waals surface area contributed by atoms with Gasteiger partial charge in [-0.15, -0.1) is 25.3 Å². The Morgan fingerprint density at radius 2 is 0.792 bits per heavy atom. The van der Waals surface area contributed by atoms with Crippen LogP contribution in [0.4, 0.5) is 0 Å². The van der Waals surface area contributed by atoms with Crippen LogP contribution in [-0.4, -0.2) is 11.8 Å². The van der Waals surface area contributed by atoms with Crippen molar-refractivity contribution in [2.24, 2.45) is 0 Å². The fourth-order valence-corrected chi connectivity index (χ4v) is 8.20. The smallest absolute Gasteiger partial charge is 0.250 e. The summed E-state index contributed by atoms with van der Waals surface area (Å²) in [5, 5.41) is 6.19. The van der Waals surface area contributed by atoms with E-state index in [1.54, 1.807) is 0 Å². The van der Waals surface area contributed by atoms with Crippen molar-refractivity contribution in [3.05, 3.63) is 69.8 Å². The SMILES string of the molecule is CCCCCCCCCCCCc1ccc(C2NC(=O)C3=C2C(=O)NC3c2ccc(CCCCCCCCCCCC)cc2S)c(S)c1. The van der Waals surface area contributed by atoms with E-state index in [4.69, 9.17) is 25.3 Å². The summed E-state index contributed by atoms with van der Waals surface area (Å²) in [6.07, 6.45) is 28.6. The Kier molecular flexibility index (Phi) is 17.0. The maximum absolute atomic E-state index is 13.3. The van der Waals surface area contributed by atoms with Gasteiger partial charge >= 0.3 is 0 Å². The van der Waals surface area contributed by atoms with Gasteiger partial charge < -0.3 is 10.6 Å². The zero-order valence-electron chi connectivity index (χ0n) is 29.9. The number of thiol groups is 2. The summed E-state index contributed by atoms with van der Waals surface area (Å²) in [5.41, 5.74) is 5.30. The van der Waals surface area contributed by atoms with Crippen molar-refractivity contribution in [1.82, 2.24) is 10.6 Å². The molecule has 2 unspecified atom stereocenters. The van der Waals surface area contributed by atoms with Crippen molar-refractivity contribution in [2.45, 2.75) is 177 Å². The Morgan fingerprint density at radius 1 is 0.479 bits per heavy atom. The van der Waals surface area contributed by atoms with Gasteiger partial charge in [0.2, 0.25) is 0 Å². The average molecular weight is 691 g/mol. The molecule has 48 heavy (non-hydrogen) atoms. The molecule has 0 bridgehead atoms. The molecule has 264 valence electrons. The average Bonchev–Trinajstić information content (AvgIpc) is 3.60. The van der Waals surface area contributed by atoms with Crippen molar-refractivity contribution in [2.75, 3.05) is 0 Å². The van der Waals surface area contributed by atoms with Crippen molar-refractivity contribution in [3.8, 4) is 0 Å². The lowest BCUT2D eigenvalue weighted by Gasteiger charge is -2.20. The molecule has 0 fully saturated rings. The summed E-state index contributed by atoms with van der Waals surface area (Å²) in [7, 11) is 0. The molecule has 2 aromatic rings. The van der Waals surface area contributed by atoms with Gasteiger partial charge in [0.15, 0.2) is 0 Å². The highest BCUT2D eigenvalue weighted by molar-refractivity contribution is 7.80. The van der Waals surface area contributed by atoms with E-state index in [0.29, 0.717) is 11.1 Å². The predicted octanol–water partition coefficient (Wildman–Crippen LogP) is 11.5. The Morgan fingerprint density at radius 3 is 1.10 bits per heavy atom. The number of rotatable bonds is 24. The predicted molar refractivity (Wildman–Crippen MR) is 207 cm³/mol. The first-order chi connectivity index (χ1) is 23.4. The van der Waals surface area contributed by atoms with Crippen LogP contribution in [0.2, 0.25) is 0 Å². The number of carbonyl (C=O) groups excluding carboxylic acids is 2. The fourth-order valence-electron chi connectivity index (χ4n) is 7.46. The number of benzene rings is 2. The van der Waals surface area contributed by atoms with E-state index in [1.807, 2.05) is 12.1 Å². The number of hydrogen-bond acceptors (Lipinski definition) is 4. The van der Waals surface area contributed by atoms with Gasteiger partial charge in [-0.2, -0.15) is 0 Å². The van der Waals surface area contributed by atoms with Crippen molar-refractivity contribution < 1.29 is 9.59 Å². The first-order valence-electron chi connectivity index (χ1n) is 19.4. The maximum Gasteiger partial charge on any atom is 0.250 e. The first-order valence-corrected chi connectivity index (χ1v) is 20.3. The molecule has 4 rings (SSSR count). The second kappa shape index (κ2) is 21.1. The molecule has 4 nitrogen and oxygen atoms in total. The van der Waals surface area contributed by atoms with E-state index in [-0.39, 0.29) is 11.8 Å². The van der Waals surface area contributed by atoms with Gasteiger partial charge in [-0.05, 0) is 60.1 Å². The van der Waals surface area contributed by atoms with E-state index in [0.717, 1.165) is 33.8 Å². The van der Waals surface area contributed by atoms with Crippen molar-refractivity contribution >= 4 is 37.1 Å². The minimum Gasteiger partial charge on any atom is -0.341 e. The normalized spacial score (nSPS) is 17.2. The molecule has 2 heterocycles. The molecule has 0 spiro atoms.